The first-order valence-electron chi connectivity index (χ1n) is 6.59. The quantitative estimate of drug-likeness (QED) is 0.811. The number of nitrogens with one attached hydrogen (secondary N) is 1. The van der Waals surface area contributed by atoms with Crippen LogP contribution in [0.4, 0.5) is 0 Å². The average Bonchev–Trinajstić information content (AvgIpc) is 2.73. The van der Waals surface area contributed by atoms with Crippen LogP contribution in [0.2, 0.25) is 0 Å². The maximum absolute atomic E-state index is 4.74. The van der Waals surface area contributed by atoms with E-state index in [2.05, 4.69) is 48.8 Å². The molecule has 2 heterocycles. The number of nitrogens with zero attached hydrogens (tertiary/aromatic N) is 2. The third-order valence-corrected chi connectivity index (χ3v) is 4.31. The van der Waals surface area contributed by atoms with Crippen LogP contribution >= 0.6 is 11.8 Å². The number of fused-ring (bicyclic) bond motifs is 1. The lowest BCUT2D eigenvalue weighted by Crippen LogP contribution is -2.14. The number of hydrogen-bond acceptors (Lipinski definition) is 3. The van der Waals surface area contributed by atoms with E-state index in [1.807, 2.05) is 17.8 Å². The lowest BCUT2D eigenvalue weighted by molar-refractivity contribution is 0.693. The molecule has 1 N–H and O–H groups in total. The molecule has 1 unspecified atom stereocenters. The summed E-state index contributed by atoms with van der Waals surface area (Å²) in [6, 6.07) is 6.16. The summed E-state index contributed by atoms with van der Waals surface area (Å²) in [7, 11) is 0. The molecule has 0 aliphatic carbocycles. The third-order valence-electron chi connectivity index (χ3n) is 3.02. The van der Waals surface area contributed by atoms with Gasteiger partial charge in [-0.1, -0.05) is 26.8 Å². The first-order chi connectivity index (χ1) is 8.76. The Balaban J connectivity index is 2.36. The molecule has 0 fully saturated rings. The Hall–Kier alpha value is -1.00. The fourth-order valence-electron chi connectivity index (χ4n) is 1.80. The minimum Gasteiger partial charge on any atom is -0.311 e. The second-order valence-corrected chi connectivity index (χ2v) is 5.84. The monoisotopic (exact) mass is 263 g/mol. The SMILES string of the molecule is CCNCc1c(SC(C)CC)nc2ccccn12. The van der Waals surface area contributed by atoms with Crippen LogP contribution in [0.15, 0.2) is 29.4 Å². The van der Waals surface area contributed by atoms with Crippen molar-refractivity contribution in [1.29, 1.82) is 0 Å². The third kappa shape index (κ3) is 2.87. The number of aromatic nitrogens is 2. The summed E-state index contributed by atoms with van der Waals surface area (Å²) in [6.45, 7) is 8.46. The topological polar surface area (TPSA) is 29.3 Å². The molecular weight excluding hydrogens is 242 g/mol. The van der Waals surface area contributed by atoms with Gasteiger partial charge in [-0.25, -0.2) is 4.98 Å². The molecule has 0 saturated heterocycles. The van der Waals surface area contributed by atoms with Crippen LogP contribution in [0.3, 0.4) is 0 Å². The van der Waals surface area contributed by atoms with Crippen molar-refractivity contribution in [3.8, 4) is 0 Å². The van der Waals surface area contributed by atoms with Crippen LogP contribution in [-0.2, 0) is 6.54 Å². The highest BCUT2D eigenvalue weighted by Crippen LogP contribution is 2.28. The predicted octanol–water partition coefficient (Wildman–Crippen LogP) is 3.33. The fourth-order valence-corrected chi connectivity index (χ4v) is 2.80. The Morgan fingerprint density at radius 2 is 2.22 bits per heavy atom. The summed E-state index contributed by atoms with van der Waals surface area (Å²) in [5.74, 6) is 0. The molecule has 3 nitrogen and oxygen atoms in total. The first kappa shape index (κ1) is 13.4. The van der Waals surface area contributed by atoms with E-state index in [0.29, 0.717) is 5.25 Å². The molecule has 0 aromatic carbocycles. The van der Waals surface area contributed by atoms with Gasteiger partial charge >= 0.3 is 0 Å². The maximum atomic E-state index is 4.74. The zero-order chi connectivity index (χ0) is 13.0. The average molecular weight is 263 g/mol. The van der Waals surface area contributed by atoms with E-state index in [9.17, 15) is 0 Å². The molecule has 0 aliphatic rings. The predicted molar refractivity (Wildman–Crippen MR) is 78.2 cm³/mol. The zero-order valence-corrected chi connectivity index (χ0v) is 12.1. The van der Waals surface area contributed by atoms with Gasteiger partial charge in [-0.3, -0.25) is 0 Å². The molecule has 4 heteroatoms. The highest BCUT2D eigenvalue weighted by molar-refractivity contribution is 7.99. The molecule has 2 aromatic heterocycles. The summed E-state index contributed by atoms with van der Waals surface area (Å²) in [4.78, 5) is 4.74. The normalized spacial score (nSPS) is 13.1. The Bertz CT molecular complexity index is 507. The minimum atomic E-state index is 0.607. The van der Waals surface area contributed by atoms with Gasteiger partial charge in [-0.05, 0) is 25.1 Å². The Morgan fingerprint density at radius 1 is 1.39 bits per heavy atom. The maximum Gasteiger partial charge on any atom is 0.138 e. The van der Waals surface area contributed by atoms with Crippen LogP contribution in [0.5, 0.6) is 0 Å². The number of thioether (sulfide) groups is 1. The van der Waals surface area contributed by atoms with Crippen molar-refractivity contribution in [1.82, 2.24) is 14.7 Å². The largest absolute Gasteiger partial charge is 0.311 e. The summed E-state index contributed by atoms with van der Waals surface area (Å²) < 4.78 is 2.19. The van der Waals surface area contributed by atoms with Crippen LogP contribution < -0.4 is 5.32 Å². The van der Waals surface area contributed by atoms with Gasteiger partial charge in [0.05, 0.1) is 5.69 Å². The van der Waals surface area contributed by atoms with Crippen molar-refractivity contribution >= 4 is 17.4 Å². The zero-order valence-electron chi connectivity index (χ0n) is 11.3. The smallest absolute Gasteiger partial charge is 0.138 e. The van der Waals surface area contributed by atoms with Gasteiger partial charge in [0.15, 0.2) is 0 Å². The highest BCUT2D eigenvalue weighted by Gasteiger charge is 2.14. The van der Waals surface area contributed by atoms with E-state index in [0.717, 1.165) is 23.8 Å². The van der Waals surface area contributed by atoms with Gasteiger partial charge in [-0.2, -0.15) is 0 Å². The molecule has 0 spiro atoms. The van der Waals surface area contributed by atoms with Crippen LogP contribution in [-0.4, -0.2) is 21.2 Å². The van der Waals surface area contributed by atoms with Gasteiger partial charge in [0, 0.05) is 18.0 Å². The van der Waals surface area contributed by atoms with Gasteiger partial charge in [0.1, 0.15) is 10.7 Å². The minimum absolute atomic E-state index is 0.607. The van der Waals surface area contributed by atoms with Crippen molar-refractivity contribution in [2.45, 2.75) is 44.0 Å². The van der Waals surface area contributed by atoms with E-state index in [4.69, 9.17) is 4.98 Å². The van der Waals surface area contributed by atoms with Crippen molar-refractivity contribution in [3.63, 3.8) is 0 Å². The van der Waals surface area contributed by atoms with E-state index < -0.39 is 0 Å². The Labute approximate surface area is 113 Å². The summed E-state index contributed by atoms with van der Waals surface area (Å²) in [6.07, 6.45) is 3.26. The van der Waals surface area contributed by atoms with Crippen molar-refractivity contribution in [2.75, 3.05) is 6.54 Å². The van der Waals surface area contributed by atoms with Crippen molar-refractivity contribution in [3.05, 3.63) is 30.1 Å². The van der Waals surface area contributed by atoms with Crippen LogP contribution in [0.25, 0.3) is 5.65 Å². The second-order valence-electron chi connectivity index (χ2n) is 4.41. The van der Waals surface area contributed by atoms with E-state index >= 15 is 0 Å². The highest BCUT2D eigenvalue weighted by atomic mass is 32.2. The van der Waals surface area contributed by atoms with Crippen LogP contribution in [0.1, 0.15) is 32.9 Å². The fraction of sp³-hybridized carbons (Fsp3) is 0.500. The number of rotatable bonds is 6. The Kier molecular flexibility index (Phi) is 4.66. The molecule has 0 saturated carbocycles. The molecule has 0 radical (unpaired) electrons. The standard InChI is InChI=1S/C14H21N3S/c1-4-11(3)18-14-12(10-15-5-2)17-9-7-6-8-13(17)16-14/h6-9,11,15H,4-5,10H2,1-3H3. The molecule has 2 rings (SSSR count). The summed E-state index contributed by atoms with van der Waals surface area (Å²) >= 11 is 1.87. The van der Waals surface area contributed by atoms with Gasteiger partial charge < -0.3 is 9.72 Å². The molecule has 0 bridgehead atoms. The van der Waals surface area contributed by atoms with Crippen molar-refractivity contribution in [2.24, 2.45) is 0 Å². The number of hydrogen-bond donors (Lipinski definition) is 1. The van der Waals surface area contributed by atoms with Crippen molar-refractivity contribution < 1.29 is 0 Å². The molecule has 98 valence electrons. The molecule has 2 aromatic rings. The molecule has 18 heavy (non-hydrogen) atoms. The van der Waals surface area contributed by atoms with E-state index in [-0.39, 0.29) is 0 Å². The lowest BCUT2D eigenvalue weighted by Gasteiger charge is -2.08. The molecule has 0 aliphatic heterocycles. The summed E-state index contributed by atoms with van der Waals surface area (Å²) in [5.41, 5.74) is 2.31. The lowest BCUT2D eigenvalue weighted by atomic mass is 10.4. The van der Waals surface area contributed by atoms with Gasteiger partial charge in [0.25, 0.3) is 0 Å². The molecular formula is C14H21N3S. The van der Waals surface area contributed by atoms with Gasteiger partial charge in [-0.15, -0.1) is 11.8 Å². The second kappa shape index (κ2) is 6.25. The first-order valence-corrected chi connectivity index (χ1v) is 7.47. The van der Waals surface area contributed by atoms with E-state index in [1.54, 1.807) is 0 Å². The van der Waals surface area contributed by atoms with Gasteiger partial charge in [0.2, 0.25) is 0 Å². The summed E-state index contributed by atoms with van der Waals surface area (Å²) in [5, 5.41) is 5.17. The molecule has 1 atom stereocenters. The molecule has 0 amide bonds. The van der Waals surface area contributed by atoms with Crippen LogP contribution in [0, 0.1) is 0 Å². The number of pyridine rings is 1. The van der Waals surface area contributed by atoms with E-state index in [1.165, 1.54) is 12.1 Å². The number of imidazole rings is 1. The Morgan fingerprint density at radius 3 is 2.94 bits per heavy atom.